The topological polar surface area (TPSA) is 29.1 Å². The van der Waals surface area contributed by atoms with Crippen molar-refractivity contribution < 1.29 is 4.79 Å². The van der Waals surface area contributed by atoms with Gasteiger partial charge in [0.25, 0.3) is 0 Å². The highest BCUT2D eigenvalue weighted by Gasteiger charge is 2.11. The normalized spacial score (nSPS) is 10.6. The average Bonchev–Trinajstić information content (AvgIpc) is 2.37. The van der Waals surface area contributed by atoms with E-state index in [1.54, 1.807) is 0 Å². The fraction of sp³-hybridized carbons (Fsp3) is 0.933. The molecule has 17 heavy (non-hydrogen) atoms. The molecule has 0 aromatic carbocycles. The SMILES string of the molecule is CC.CC.CCCNC(=O)C(C)CCC(C)C. The molecule has 1 atom stereocenters. The van der Waals surface area contributed by atoms with Crippen LogP contribution in [-0.4, -0.2) is 12.5 Å². The number of hydrogen-bond acceptors (Lipinski definition) is 1. The molecule has 0 fully saturated rings. The minimum Gasteiger partial charge on any atom is -0.356 e. The van der Waals surface area contributed by atoms with Gasteiger partial charge in [0.15, 0.2) is 0 Å². The number of nitrogens with one attached hydrogen (secondary N) is 1. The summed E-state index contributed by atoms with van der Waals surface area (Å²) in [4.78, 5) is 11.4. The lowest BCUT2D eigenvalue weighted by Gasteiger charge is -2.12. The van der Waals surface area contributed by atoms with E-state index in [9.17, 15) is 4.79 Å². The van der Waals surface area contributed by atoms with Crippen molar-refractivity contribution in [1.29, 1.82) is 0 Å². The van der Waals surface area contributed by atoms with E-state index in [-0.39, 0.29) is 11.8 Å². The van der Waals surface area contributed by atoms with E-state index in [4.69, 9.17) is 0 Å². The van der Waals surface area contributed by atoms with Crippen LogP contribution < -0.4 is 5.32 Å². The molecule has 0 bridgehead atoms. The summed E-state index contributed by atoms with van der Waals surface area (Å²) in [6, 6.07) is 0. The van der Waals surface area contributed by atoms with Crippen molar-refractivity contribution in [3.63, 3.8) is 0 Å². The lowest BCUT2D eigenvalue weighted by Crippen LogP contribution is -2.29. The van der Waals surface area contributed by atoms with Gasteiger partial charge in [0.2, 0.25) is 5.91 Å². The minimum absolute atomic E-state index is 0.175. The fourth-order valence-corrected chi connectivity index (χ4v) is 1.14. The summed E-state index contributed by atoms with van der Waals surface area (Å²) in [6.45, 7) is 17.3. The second kappa shape index (κ2) is 17.9. The van der Waals surface area contributed by atoms with Crippen LogP contribution in [0, 0.1) is 11.8 Å². The molecule has 0 heterocycles. The highest BCUT2D eigenvalue weighted by Crippen LogP contribution is 2.11. The van der Waals surface area contributed by atoms with Gasteiger partial charge in [0.1, 0.15) is 0 Å². The Morgan fingerprint density at radius 1 is 1.00 bits per heavy atom. The monoisotopic (exact) mass is 245 g/mol. The van der Waals surface area contributed by atoms with E-state index in [0.29, 0.717) is 5.92 Å². The van der Waals surface area contributed by atoms with Crippen LogP contribution in [0.4, 0.5) is 0 Å². The molecule has 1 N–H and O–H groups in total. The van der Waals surface area contributed by atoms with Gasteiger partial charge >= 0.3 is 0 Å². The molecule has 0 spiro atoms. The Bertz CT molecular complexity index is 144. The maximum atomic E-state index is 11.4. The van der Waals surface area contributed by atoms with Gasteiger partial charge in [-0.25, -0.2) is 0 Å². The summed E-state index contributed by atoms with van der Waals surface area (Å²) in [7, 11) is 0. The van der Waals surface area contributed by atoms with E-state index in [2.05, 4.69) is 26.1 Å². The second-order valence-electron chi connectivity index (χ2n) is 4.16. The van der Waals surface area contributed by atoms with Crippen LogP contribution in [-0.2, 0) is 4.79 Å². The van der Waals surface area contributed by atoms with Gasteiger partial charge in [-0.3, -0.25) is 4.79 Å². The number of amides is 1. The minimum atomic E-state index is 0.175. The first-order valence-corrected chi connectivity index (χ1v) is 7.35. The van der Waals surface area contributed by atoms with Crippen LogP contribution in [0.3, 0.4) is 0 Å². The highest BCUT2D eigenvalue weighted by molar-refractivity contribution is 5.78. The van der Waals surface area contributed by atoms with Gasteiger partial charge in [0.05, 0.1) is 0 Å². The summed E-state index contributed by atoms with van der Waals surface area (Å²) in [5, 5.41) is 2.92. The molecule has 0 radical (unpaired) electrons. The second-order valence-corrected chi connectivity index (χ2v) is 4.16. The highest BCUT2D eigenvalue weighted by atomic mass is 16.1. The van der Waals surface area contributed by atoms with Gasteiger partial charge in [-0.15, -0.1) is 0 Å². The van der Waals surface area contributed by atoms with Crippen molar-refractivity contribution in [2.45, 2.75) is 74.7 Å². The zero-order chi connectivity index (χ0) is 14.3. The van der Waals surface area contributed by atoms with Gasteiger partial charge in [-0.2, -0.15) is 0 Å². The van der Waals surface area contributed by atoms with E-state index < -0.39 is 0 Å². The van der Waals surface area contributed by atoms with Crippen LogP contribution >= 0.6 is 0 Å². The molecule has 1 amide bonds. The van der Waals surface area contributed by atoms with Crippen molar-refractivity contribution in [3.05, 3.63) is 0 Å². The predicted octanol–water partition coefficient (Wildman–Crippen LogP) is 4.64. The van der Waals surface area contributed by atoms with Crippen LogP contribution in [0.1, 0.15) is 74.7 Å². The third kappa shape index (κ3) is 18.1. The molecule has 0 aromatic rings. The van der Waals surface area contributed by atoms with Gasteiger partial charge < -0.3 is 5.32 Å². The summed E-state index contributed by atoms with van der Waals surface area (Å²) in [5.41, 5.74) is 0. The van der Waals surface area contributed by atoms with E-state index in [1.807, 2.05) is 34.6 Å². The molecule has 106 valence electrons. The molecule has 2 nitrogen and oxygen atoms in total. The third-order valence-corrected chi connectivity index (χ3v) is 2.17. The fourth-order valence-electron chi connectivity index (χ4n) is 1.14. The zero-order valence-electron chi connectivity index (χ0n) is 13.4. The Kier molecular flexibility index (Phi) is 22.8. The molecular weight excluding hydrogens is 210 g/mol. The van der Waals surface area contributed by atoms with E-state index in [1.165, 1.54) is 0 Å². The Balaban J connectivity index is -0.000000439. The van der Waals surface area contributed by atoms with E-state index >= 15 is 0 Å². The van der Waals surface area contributed by atoms with Crippen LogP contribution in [0.25, 0.3) is 0 Å². The number of rotatable bonds is 6. The predicted molar refractivity (Wildman–Crippen MR) is 79.2 cm³/mol. The summed E-state index contributed by atoms with van der Waals surface area (Å²) in [6.07, 6.45) is 3.16. The van der Waals surface area contributed by atoms with Crippen molar-refractivity contribution in [2.75, 3.05) is 6.54 Å². The zero-order valence-corrected chi connectivity index (χ0v) is 13.4. The number of hydrogen-bond donors (Lipinski definition) is 1. The average molecular weight is 245 g/mol. The first-order valence-electron chi connectivity index (χ1n) is 7.35. The first kappa shape index (κ1) is 21.7. The Morgan fingerprint density at radius 2 is 1.47 bits per heavy atom. The summed E-state index contributed by atoms with van der Waals surface area (Å²) in [5.74, 6) is 1.08. The molecule has 0 aromatic heterocycles. The molecule has 0 aliphatic heterocycles. The quantitative estimate of drug-likeness (QED) is 0.726. The van der Waals surface area contributed by atoms with Crippen LogP contribution in [0.2, 0.25) is 0 Å². The van der Waals surface area contributed by atoms with E-state index in [0.717, 1.165) is 25.8 Å². The van der Waals surface area contributed by atoms with Crippen molar-refractivity contribution >= 4 is 5.91 Å². The summed E-state index contributed by atoms with van der Waals surface area (Å²) >= 11 is 0. The number of carbonyl (C=O) groups excluding carboxylic acids is 1. The molecule has 0 rings (SSSR count). The largest absolute Gasteiger partial charge is 0.356 e. The maximum absolute atomic E-state index is 11.4. The van der Waals surface area contributed by atoms with Crippen LogP contribution in [0.5, 0.6) is 0 Å². The molecule has 0 aliphatic rings. The standard InChI is InChI=1S/C11H23NO.2C2H6/c1-5-8-12-11(13)10(4)7-6-9(2)3;2*1-2/h9-10H,5-8H2,1-4H3,(H,12,13);2*1-2H3. The molecule has 0 aliphatic carbocycles. The lowest BCUT2D eigenvalue weighted by molar-refractivity contribution is -0.124. The Hall–Kier alpha value is -0.530. The first-order chi connectivity index (χ1) is 8.07. The summed E-state index contributed by atoms with van der Waals surface area (Å²) < 4.78 is 0. The maximum Gasteiger partial charge on any atom is 0.222 e. The number of carbonyl (C=O) groups is 1. The van der Waals surface area contributed by atoms with Crippen LogP contribution in [0.15, 0.2) is 0 Å². The third-order valence-electron chi connectivity index (χ3n) is 2.17. The van der Waals surface area contributed by atoms with Crippen molar-refractivity contribution in [1.82, 2.24) is 5.32 Å². The van der Waals surface area contributed by atoms with Crippen molar-refractivity contribution in [3.8, 4) is 0 Å². The Morgan fingerprint density at radius 3 is 1.82 bits per heavy atom. The Labute approximate surface area is 110 Å². The van der Waals surface area contributed by atoms with Gasteiger partial charge in [0, 0.05) is 12.5 Å². The molecule has 0 saturated carbocycles. The smallest absolute Gasteiger partial charge is 0.222 e. The lowest BCUT2D eigenvalue weighted by atomic mass is 9.99. The van der Waals surface area contributed by atoms with Gasteiger partial charge in [-0.05, 0) is 18.8 Å². The van der Waals surface area contributed by atoms with Crippen molar-refractivity contribution in [2.24, 2.45) is 11.8 Å². The molecular formula is C15H35NO. The molecule has 0 saturated heterocycles. The van der Waals surface area contributed by atoms with Gasteiger partial charge in [-0.1, -0.05) is 61.8 Å². The molecule has 2 heteroatoms. The molecule has 1 unspecified atom stereocenters.